The van der Waals surface area contributed by atoms with Crippen molar-refractivity contribution in [3.63, 3.8) is 0 Å². The summed E-state index contributed by atoms with van der Waals surface area (Å²) in [7, 11) is 0. The zero-order chi connectivity index (χ0) is 8.39. The number of thioether (sulfide) groups is 1. The van der Waals surface area contributed by atoms with E-state index in [1.807, 2.05) is 11.8 Å². The molecule has 1 fully saturated rings. The molecule has 66 valence electrons. The van der Waals surface area contributed by atoms with E-state index in [4.69, 9.17) is 9.63 Å². The molecule has 2 rings (SSSR count). The van der Waals surface area contributed by atoms with Gasteiger partial charge in [0.15, 0.2) is 5.82 Å². The first-order chi connectivity index (χ1) is 5.90. The van der Waals surface area contributed by atoms with E-state index in [1.54, 1.807) is 0 Å². The van der Waals surface area contributed by atoms with Crippen molar-refractivity contribution >= 4 is 11.8 Å². The largest absolute Gasteiger partial charge is 0.387 e. The van der Waals surface area contributed by atoms with E-state index >= 15 is 0 Å². The fourth-order valence-electron chi connectivity index (χ4n) is 1.24. The highest BCUT2D eigenvalue weighted by Crippen LogP contribution is 2.30. The third-order valence-corrected chi connectivity index (χ3v) is 3.08. The van der Waals surface area contributed by atoms with Crippen molar-refractivity contribution in [3.8, 4) is 0 Å². The molecular formula is C7H10N2O2S. The van der Waals surface area contributed by atoms with Crippen LogP contribution in [0.15, 0.2) is 4.52 Å². The minimum atomic E-state index is -0.160. The van der Waals surface area contributed by atoms with Gasteiger partial charge < -0.3 is 9.63 Å². The van der Waals surface area contributed by atoms with E-state index < -0.39 is 0 Å². The molecule has 2 heterocycles. The van der Waals surface area contributed by atoms with Crippen LogP contribution < -0.4 is 0 Å². The van der Waals surface area contributed by atoms with Crippen LogP contribution in [0.4, 0.5) is 0 Å². The smallest absolute Gasteiger partial charge is 0.252 e. The molecule has 0 radical (unpaired) electrons. The second kappa shape index (κ2) is 3.45. The van der Waals surface area contributed by atoms with Crippen LogP contribution >= 0.6 is 11.8 Å². The summed E-state index contributed by atoms with van der Waals surface area (Å²) in [6, 6.07) is 0. The van der Waals surface area contributed by atoms with Gasteiger partial charge >= 0.3 is 0 Å². The van der Waals surface area contributed by atoms with Gasteiger partial charge in [0, 0.05) is 11.7 Å². The second-order valence-electron chi connectivity index (χ2n) is 2.76. The summed E-state index contributed by atoms with van der Waals surface area (Å²) in [6.45, 7) is -0.160. The summed E-state index contributed by atoms with van der Waals surface area (Å²) in [5, 5.41) is 12.5. The van der Waals surface area contributed by atoms with Crippen LogP contribution in [0.25, 0.3) is 0 Å². The average Bonchev–Trinajstić information content (AvgIpc) is 2.75. The molecule has 1 unspecified atom stereocenters. The van der Waals surface area contributed by atoms with Crippen LogP contribution in [-0.2, 0) is 6.61 Å². The van der Waals surface area contributed by atoms with E-state index in [0.717, 1.165) is 18.0 Å². The summed E-state index contributed by atoms with van der Waals surface area (Å²) in [6.07, 6.45) is 1.12. The molecule has 0 aliphatic carbocycles. The summed E-state index contributed by atoms with van der Waals surface area (Å²) < 4.78 is 4.81. The predicted molar refractivity (Wildman–Crippen MR) is 44.9 cm³/mol. The van der Waals surface area contributed by atoms with Crippen molar-refractivity contribution in [1.29, 1.82) is 0 Å². The minimum absolute atomic E-state index is 0.160. The van der Waals surface area contributed by atoms with Gasteiger partial charge in [0.25, 0.3) is 5.89 Å². The number of hydrogen-bond acceptors (Lipinski definition) is 5. The Hall–Kier alpha value is -0.550. The Bertz CT molecular complexity index is 258. The summed E-state index contributed by atoms with van der Waals surface area (Å²) in [4.78, 5) is 4.07. The van der Waals surface area contributed by atoms with Crippen molar-refractivity contribution in [3.05, 3.63) is 11.7 Å². The fourth-order valence-corrected chi connectivity index (χ4v) is 2.45. The number of hydrogen-bond donors (Lipinski definition) is 1. The molecule has 4 nitrogen and oxygen atoms in total. The molecular weight excluding hydrogens is 176 g/mol. The molecule has 1 atom stereocenters. The Morgan fingerprint density at radius 3 is 3.17 bits per heavy atom. The maximum Gasteiger partial charge on any atom is 0.252 e. The number of rotatable bonds is 2. The molecule has 0 spiro atoms. The van der Waals surface area contributed by atoms with Gasteiger partial charge in [-0.25, -0.2) is 0 Å². The van der Waals surface area contributed by atoms with Crippen LogP contribution in [0.5, 0.6) is 0 Å². The van der Waals surface area contributed by atoms with Crippen molar-refractivity contribution in [2.24, 2.45) is 0 Å². The van der Waals surface area contributed by atoms with Crippen molar-refractivity contribution in [2.75, 3.05) is 11.5 Å². The van der Waals surface area contributed by atoms with Gasteiger partial charge in [-0.2, -0.15) is 16.7 Å². The maximum atomic E-state index is 8.69. The van der Waals surface area contributed by atoms with E-state index in [9.17, 15) is 0 Å². The molecule has 1 aromatic heterocycles. The first kappa shape index (κ1) is 8.07. The minimum Gasteiger partial charge on any atom is -0.387 e. The Kier molecular flexibility index (Phi) is 2.32. The molecule has 0 bridgehead atoms. The molecule has 1 saturated heterocycles. The number of aliphatic hydroxyl groups excluding tert-OH is 1. The van der Waals surface area contributed by atoms with Gasteiger partial charge in [-0.1, -0.05) is 5.16 Å². The van der Waals surface area contributed by atoms with Crippen molar-refractivity contribution in [2.45, 2.75) is 18.9 Å². The Labute approximate surface area is 74.4 Å². The first-order valence-corrected chi connectivity index (χ1v) is 5.06. The lowest BCUT2D eigenvalue weighted by molar-refractivity contribution is 0.222. The standard InChI is InChI=1S/C7H10N2O2S/c10-3-6-8-7(9-11-6)5-1-2-12-4-5/h5,10H,1-4H2. The molecule has 0 saturated carbocycles. The monoisotopic (exact) mass is 186 g/mol. The first-order valence-electron chi connectivity index (χ1n) is 3.91. The third kappa shape index (κ3) is 1.47. The van der Waals surface area contributed by atoms with Gasteiger partial charge in [-0.05, 0) is 12.2 Å². The molecule has 0 amide bonds. The normalized spacial score (nSPS) is 23.2. The van der Waals surface area contributed by atoms with Gasteiger partial charge in [0.2, 0.25) is 0 Å². The van der Waals surface area contributed by atoms with E-state index in [1.165, 1.54) is 5.75 Å². The Balaban J connectivity index is 2.11. The zero-order valence-corrected chi connectivity index (χ0v) is 7.38. The second-order valence-corrected chi connectivity index (χ2v) is 3.91. The molecule has 1 N–H and O–H groups in total. The number of nitrogens with zero attached hydrogens (tertiary/aromatic N) is 2. The van der Waals surface area contributed by atoms with Gasteiger partial charge in [0.1, 0.15) is 6.61 Å². The Morgan fingerprint density at radius 2 is 2.58 bits per heavy atom. The summed E-state index contributed by atoms with van der Waals surface area (Å²) in [5.41, 5.74) is 0. The number of aromatic nitrogens is 2. The highest BCUT2D eigenvalue weighted by molar-refractivity contribution is 7.99. The SMILES string of the molecule is OCc1nc(C2CCSC2)no1. The van der Waals surface area contributed by atoms with Crippen molar-refractivity contribution in [1.82, 2.24) is 10.1 Å². The fraction of sp³-hybridized carbons (Fsp3) is 0.714. The quantitative estimate of drug-likeness (QED) is 0.739. The highest BCUT2D eigenvalue weighted by atomic mass is 32.2. The molecule has 1 aliphatic rings. The molecule has 12 heavy (non-hydrogen) atoms. The molecule has 1 aromatic rings. The maximum absolute atomic E-state index is 8.69. The van der Waals surface area contributed by atoms with Crippen LogP contribution in [-0.4, -0.2) is 26.8 Å². The summed E-state index contributed by atoms with van der Waals surface area (Å²) >= 11 is 1.91. The van der Waals surface area contributed by atoms with Gasteiger partial charge in [0.05, 0.1) is 0 Å². The third-order valence-electron chi connectivity index (χ3n) is 1.91. The predicted octanol–water partition coefficient (Wildman–Crippen LogP) is 0.782. The highest BCUT2D eigenvalue weighted by Gasteiger charge is 2.22. The lowest BCUT2D eigenvalue weighted by atomic mass is 10.1. The summed E-state index contributed by atoms with van der Waals surface area (Å²) in [5.74, 6) is 3.75. The average molecular weight is 186 g/mol. The van der Waals surface area contributed by atoms with Crippen LogP contribution in [0.2, 0.25) is 0 Å². The zero-order valence-electron chi connectivity index (χ0n) is 6.56. The van der Waals surface area contributed by atoms with Crippen LogP contribution in [0, 0.1) is 0 Å². The molecule has 5 heteroatoms. The lowest BCUT2D eigenvalue weighted by Crippen LogP contribution is -1.98. The van der Waals surface area contributed by atoms with E-state index in [2.05, 4.69) is 10.1 Å². The van der Waals surface area contributed by atoms with Crippen LogP contribution in [0.1, 0.15) is 24.1 Å². The lowest BCUT2D eigenvalue weighted by Gasteiger charge is -1.97. The van der Waals surface area contributed by atoms with Crippen LogP contribution in [0.3, 0.4) is 0 Å². The molecule has 1 aliphatic heterocycles. The number of aliphatic hydroxyl groups is 1. The van der Waals surface area contributed by atoms with Gasteiger partial charge in [-0.3, -0.25) is 0 Å². The Morgan fingerprint density at radius 1 is 1.67 bits per heavy atom. The molecule has 0 aromatic carbocycles. The van der Waals surface area contributed by atoms with E-state index in [-0.39, 0.29) is 6.61 Å². The topological polar surface area (TPSA) is 59.2 Å². The van der Waals surface area contributed by atoms with Crippen molar-refractivity contribution < 1.29 is 9.63 Å². The van der Waals surface area contributed by atoms with Gasteiger partial charge in [-0.15, -0.1) is 0 Å². The van der Waals surface area contributed by atoms with E-state index in [0.29, 0.717) is 11.8 Å².